The minimum absolute atomic E-state index is 0.549. The first-order chi connectivity index (χ1) is 13.2. The lowest BCUT2D eigenvalue weighted by molar-refractivity contribution is 0.119. The second-order valence-electron chi connectivity index (χ2n) is 6.90. The van der Waals surface area contributed by atoms with Gasteiger partial charge in [-0.05, 0) is 35.1 Å². The number of β-amino-alcohol motifs (C(OH)–C–C–N with tert-alkyl or cyclic N) is 1. The minimum atomic E-state index is -0.549. The fourth-order valence-corrected chi connectivity index (χ4v) is 3.62. The number of rotatable bonds is 4. The van der Waals surface area contributed by atoms with Crippen LogP contribution in [-0.2, 0) is 0 Å². The molecule has 4 nitrogen and oxygen atoms in total. The summed E-state index contributed by atoms with van der Waals surface area (Å²) >= 11 is 0. The number of nitriles is 1. The van der Waals surface area contributed by atoms with E-state index >= 15 is 0 Å². The Labute approximate surface area is 159 Å². The van der Waals surface area contributed by atoms with E-state index in [0.29, 0.717) is 12.1 Å². The molecule has 4 rings (SSSR count). The molecule has 1 atom stereocenters. The summed E-state index contributed by atoms with van der Waals surface area (Å²) in [5, 5.41) is 21.8. The third-order valence-electron chi connectivity index (χ3n) is 5.16. The number of hydrogen-bond acceptors (Lipinski definition) is 4. The number of benzene rings is 2. The largest absolute Gasteiger partial charge is 0.387 e. The SMILES string of the molecule is N#Cc1ccc(C(O)CN2CC=C(c3cncc4ccccc34)CC2)cc1. The van der Waals surface area contributed by atoms with Crippen molar-refractivity contribution in [2.75, 3.05) is 19.6 Å². The van der Waals surface area contributed by atoms with Crippen LogP contribution in [0.4, 0.5) is 0 Å². The van der Waals surface area contributed by atoms with E-state index in [1.54, 1.807) is 12.1 Å². The lowest BCUT2D eigenvalue weighted by Gasteiger charge is -2.28. The second-order valence-corrected chi connectivity index (χ2v) is 6.90. The number of pyridine rings is 1. The first-order valence-electron chi connectivity index (χ1n) is 9.17. The van der Waals surface area contributed by atoms with Gasteiger partial charge in [-0.3, -0.25) is 9.88 Å². The van der Waals surface area contributed by atoms with Gasteiger partial charge in [0.05, 0.1) is 17.7 Å². The summed E-state index contributed by atoms with van der Waals surface area (Å²) in [7, 11) is 0. The van der Waals surface area contributed by atoms with Crippen LogP contribution < -0.4 is 0 Å². The van der Waals surface area contributed by atoms with Crippen LogP contribution in [0.25, 0.3) is 16.3 Å². The predicted octanol–water partition coefficient (Wildman–Crippen LogP) is 3.93. The van der Waals surface area contributed by atoms with Crippen LogP contribution in [0.15, 0.2) is 67.0 Å². The van der Waals surface area contributed by atoms with Crippen LogP contribution in [0.1, 0.15) is 29.2 Å². The van der Waals surface area contributed by atoms with E-state index in [1.807, 2.05) is 30.6 Å². The quantitative estimate of drug-likeness (QED) is 0.770. The van der Waals surface area contributed by atoms with Crippen molar-refractivity contribution in [2.45, 2.75) is 12.5 Å². The third kappa shape index (κ3) is 3.75. The second kappa shape index (κ2) is 7.71. The number of aliphatic hydroxyl groups is 1. The van der Waals surface area contributed by atoms with Crippen molar-refractivity contribution in [3.05, 3.63) is 83.7 Å². The van der Waals surface area contributed by atoms with Crippen molar-refractivity contribution in [3.8, 4) is 6.07 Å². The number of hydrogen-bond donors (Lipinski definition) is 1. The van der Waals surface area contributed by atoms with Crippen LogP contribution in [0, 0.1) is 11.3 Å². The smallest absolute Gasteiger partial charge is 0.0991 e. The molecule has 1 N–H and O–H groups in total. The minimum Gasteiger partial charge on any atom is -0.387 e. The fraction of sp³-hybridized carbons (Fsp3) is 0.217. The van der Waals surface area contributed by atoms with E-state index in [1.165, 1.54) is 16.5 Å². The number of fused-ring (bicyclic) bond motifs is 1. The molecule has 0 aliphatic carbocycles. The summed E-state index contributed by atoms with van der Waals surface area (Å²) in [6.07, 6.45) is 6.50. The van der Waals surface area contributed by atoms with Gasteiger partial charge >= 0.3 is 0 Å². The van der Waals surface area contributed by atoms with E-state index in [-0.39, 0.29) is 0 Å². The van der Waals surface area contributed by atoms with Gasteiger partial charge in [0.1, 0.15) is 0 Å². The highest BCUT2D eigenvalue weighted by Gasteiger charge is 2.18. The van der Waals surface area contributed by atoms with Crippen molar-refractivity contribution in [1.29, 1.82) is 5.26 Å². The highest BCUT2D eigenvalue weighted by Crippen LogP contribution is 2.29. The average molecular weight is 355 g/mol. The Bertz CT molecular complexity index is 1010. The molecule has 0 fully saturated rings. The normalized spacial score (nSPS) is 15.9. The van der Waals surface area contributed by atoms with E-state index in [4.69, 9.17) is 5.26 Å². The van der Waals surface area contributed by atoms with Crippen LogP contribution in [-0.4, -0.2) is 34.6 Å². The Kier molecular flexibility index (Phi) is 4.97. The first-order valence-corrected chi connectivity index (χ1v) is 9.17. The van der Waals surface area contributed by atoms with E-state index < -0.39 is 6.10 Å². The van der Waals surface area contributed by atoms with Crippen LogP contribution in [0.5, 0.6) is 0 Å². The van der Waals surface area contributed by atoms with Gasteiger partial charge in [-0.25, -0.2) is 0 Å². The zero-order valence-electron chi connectivity index (χ0n) is 15.0. The number of nitrogens with zero attached hydrogens (tertiary/aromatic N) is 3. The highest BCUT2D eigenvalue weighted by molar-refractivity contribution is 5.93. The van der Waals surface area contributed by atoms with Gasteiger partial charge in [-0.2, -0.15) is 5.26 Å². The first kappa shape index (κ1) is 17.4. The van der Waals surface area contributed by atoms with Gasteiger partial charge in [-0.15, -0.1) is 0 Å². The Morgan fingerprint density at radius 2 is 1.93 bits per heavy atom. The van der Waals surface area contributed by atoms with Gasteiger partial charge in [0.2, 0.25) is 0 Å². The Hall–Kier alpha value is -3.00. The van der Waals surface area contributed by atoms with Crippen molar-refractivity contribution in [1.82, 2.24) is 9.88 Å². The highest BCUT2D eigenvalue weighted by atomic mass is 16.3. The molecule has 0 radical (unpaired) electrons. The van der Waals surface area contributed by atoms with E-state index in [9.17, 15) is 5.11 Å². The van der Waals surface area contributed by atoms with Gasteiger partial charge in [-0.1, -0.05) is 42.5 Å². The number of aliphatic hydroxyl groups excluding tert-OH is 1. The summed E-state index contributed by atoms with van der Waals surface area (Å²) in [4.78, 5) is 6.65. The van der Waals surface area contributed by atoms with Crippen LogP contribution in [0.3, 0.4) is 0 Å². The molecule has 0 amide bonds. The summed E-state index contributed by atoms with van der Waals surface area (Å²) in [5.41, 5.74) is 3.99. The number of aromatic nitrogens is 1. The average Bonchev–Trinajstić information content (AvgIpc) is 2.74. The fourth-order valence-electron chi connectivity index (χ4n) is 3.62. The van der Waals surface area contributed by atoms with E-state index in [2.05, 4.69) is 40.2 Å². The lowest BCUT2D eigenvalue weighted by atomic mass is 9.96. The van der Waals surface area contributed by atoms with E-state index in [0.717, 1.165) is 30.5 Å². The molecule has 0 spiro atoms. The maximum absolute atomic E-state index is 10.5. The molecule has 134 valence electrons. The lowest BCUT2D eigenvalue weighted by Crippen LogP contribution is -2.32. The summed E-state index contributed by atoms with van der Waals surface area (Å²) in [6.45, 7) is 2.30. The Balaban J connectivity index is 1.46. The molecule has 0 saturated carbocycles. The van der Waals surface area contributed by atoms with Gasteiger partial charge < -0.3 is 5.11 Å². The van der Waals surface area contributed by atoms with Gasteiger partial charge in [0.25, 0.3) is 0 Å². The topological polar surface area (TPSA) is 60.1 Å². The maximum Gasteiger partial charge on any atom is 0.0991 e. The van der Waals surface area contributed by atoms with Crippen LogP contribution in [0.2, 0.25) is 0 Å². The van der Waals surface area contributed by atoms with Crippen molar-refractivity contribution in [3.63, 3.8) is 0 Å². The molecule has 27 heavy (non-hydrogen) atoms. The maximum atomic E-state index is 10.5. The molecule has 0 saturated heterocycles. The zero-order chi connectivity index (χ0) is 18.6. The molecule has 1 aromatic heterocycles. The summed E-state index contributed by atoms with van der Waals surface area (Å²) in [6, 6.07) is 17.6. The molecule has 0 bridgehead atoms. The zero-order valence-corrected chi connectivity index (χ0v) is 15.0. The Morgan fingerprint density at radius 1 is 1.11 bits per heavy atom. The van der Waals surface area contributed by atoms with Crippen LogP contribution >= 0.6 is 0 Å². The standard InChI is InChI=1S/C23H21N3O/c24-13-17-5-7-19(8-6-17)23(27)16-26-11-9-18(10-12-26)22-15-25-14-20-3-1-2-4-21(20)22/h1-9,14-15,23,27H,10-12,16H2. The predicted molar refractivity (Wildman–Crippen MR) is 107 cm³/mol. The van der Waals surface area contributed by atoms with Crippen molar-refractivity contribution < 1.29 is 5.11 Å². The molecular formula is C23H21N3O. The molecule has 2 heterocycles. The van der Waals surface area contributed by atoms with Gasteiger partial charge in [0, 0.05) is 43.0 Å². The molecule has 1 aliphatic heterocycles. The molecule has 3 aromatic rings. The molecular weight excluding hydrogens is 334 g/mol. The van der Waals surface area contributed by atoms with Gasteiger partial charge in [0.15, 0.2) is 0 Å². The molecule has 1 aliphatic rings. The molecule has 2 aromatic carbocycles. The Morgan fingerprint density at radius 3 is 2.67 bits per heavy atom. The van der Waals surface area contributed by atoms with Crippen molar-refractivity contribution in [2.24, 2.45) is 0 Å². The van der Waals surface area contributed by atoms with Crippen molar-refractivity contribution >= 4 is 16.3 Å². The summed E-state index contributed by atoms with van der Waals surface area (Å²) < 4.78 is 0. The molecule has 1 unspecified atom stereocenters. The molecule has 4 heteroatoms. The third-order valence-corrected chi connectivity index (χ3v) is 5.16. The summed E-state index contributed by atoms with van der Waals surface area (Å²) in [5.74, 6) is 0. The monoisotopic (exact) mass is 355 g/mol.